The molecule has 100 valence electrons. The Labute approximate surface area is 119 Å². The monoisotopic (exact) mass is 286 g/mol. The molecule has 0 radical (unpaired) electrons. The highest BCUT2D eigenvalue weighted by Gasteiger charge is 2.08. The zero-order chi connectivity index (χ0) is 14.3. The lowest BCUT2D eigenvalue weighted by Gasteiger charge is -2.09. The number of aromatic nitrogens is 2. The molecule has 1 aromatic heterocycles. The van der Waals surface area contributed by atoms with E-state index in [1.54, 1.807) is 6.07 Å². The van der Waals surface area contributed by atoms with Crippen LogP contribution in [0.4, 0.5) is 4.39 Å². The molecule has 0 aliphatic rings. The van der Waals surface area contributed by atoms with Crippen LogP contribution >= 0.6 is 12.2 Å². The predicted octanol–water partition coefficient (Wildman–Crippen LogP) is 3.50. The Balaban J connectivity index is 2.41. The van der Waals surface area contributed by atoms with Crippen molar-refractivity contribution in [2.45, 2.75) is 6.92 Å². The summed E-state index contributed by atoms with van der Waals surface area (Å²) in [5, 5.41) is 0.558. The number of para-hydroxylation sites is 1. The van der Waals surface area contributed by atoms with E-state index in [9.17, 15) is 9.18 Å². The van der Waals surface area contributed by atoms with Crippen LogP contribution in [0.3, 0.4) is 0 Å². The minimum atomic E-state index is -0.353. The molecule has 0 aliphatic heterocycles. The third-order valence-electron chi connectivity index (χ3n) is 3.23. The molecule has 3 nitrogen and oxygen atoms in total. The number of hydrogen-bond acceptors (Lipinski definition) is 2. The SMILES string of the molecule is Cc1cccc2c(=O)n(-c3ccc(F)cc3)c(=S)[nH]c12. The van der Waals surface area contributed by atoms with E-state index in [2.05, 4.69) is 4.98 Å². The van der Waals surface area contributed by atoms with Crippen LogP contribution in [0.2, 0.25) is 0 Å². The Morgan fingerprint density at radius 1 is 1.15 bits per heavy atom. The Hall–Kier alpha value is -2.27. The molecule has 0 aliphatic carbocycles. The van der Waals surface area contributed by atoms with Gasteiger partial charge in [-0.05, 0) is 55.0 Å². The quantitative estimate of drug-likeness (QED) is 0.695. The molecule has 2 aromatic carbocycles. The van der Waals surface area contributed by atoms with Gasteiger partial charge in [0.2, 0.25) is 0 Å². The summed E-state index contributed by atoms with van der Waals surface area (Å²) in [6, 6.07) is 11.1. The van der Waals surface area contributed by atoms with Crippen LogP contribution in [0, 0.1) is 17.5 Å². The van der Waals surface area contributed by atoms with Crippen molar-refractivity contribution in [3.8, 4) is 5.69 Å². The van der Waals surface area contributed by atoms with Crippen molar-refractivity contribution in [2.75, 3.05) is 0 Å². The summed E-state index contributed by atoms with van der Waals surface area (Å²) >= 11 is 5.26. The van der Waals surface area contributed by atoms with Gasteiger partial charge in [0.15, 0.2) is 4.77 Å². The fourth-order valence-electron chi connectivity index (χ4n) is 2.21. The van der Waals surface area contributed by atoms with Crippen LogP contribution in [-0.4, -0.2) is 9.55 Å². The summed E-state index contributed by atoms with van der Waals surface area (Å²) in [7, 11) is 0. The zero-order valence-electron chi connectivity index (χ0n) is 10.7. The second-order valence-corrected chi connectivity index (χ2v) is 4.93. The molecule has 0 unspecified atom stereocenters. The third-order valence-corrected chi connectivity index (χ3v) is 3.51. The first-order valence-electron chi connectivity index (χ1n) is 6.08. The highest BCUT2D eigenvalue weighted by Crippen LogP contribution is 2.14. The Morgan fingerprint density at radius 2 is 1.85 bits per heavy atom. The zero-order valence-corrected chi connectivity index (χ0v) is 11.5. The number of aromatic amines is 1. The summed E-state index contributed by atoms with van der Waals surface area (Å²) < 4.78 is 14.7. The van der Waals surface area contributed by atoms with Crippen molar-refractivity contribution in [1.82, 2.24) is 9.55 Å². The van der Waals surface area contributed by atoms with Gasteiger partial charge in [0.1, 0.15) is 5.82 Å². The maximum absolute atomic E-state index is 13.0. The summed E-state index contributed by atoms with van der Waals surface area (Å²) in [6.07, 6.45) is 0. The van der Waals surface area contributed by atoms with Crippen LogP contribution in [0.1, 0.15) is 5.56 Å². The minimum Gasteiger partial charge on any atom is -0.331 e. The van der Waals surface area contributed by atoms with Crippen molar-refractivity contribution in [3.05, 3.63) is 69.0 Å². The first kappa shape index (κ1) is 12.7. The maximum atomic E-state index is 13.0. The van der Waals surface area contributed by atoms with Crippen LogP contribution in [0.25, 0.3) is 16.6 Å². The number of H-pyrrole nitrogens is 1. The summed E-state index contributed by atoms with van der Waals surface area (Å²) in [5.41, 5.74) is 2.03. The molecule has 0 amide bonds. The fraction of sp³-hybridized carbons (Fsp3) is 0.0667. The number of aryl methyl sites for hydroxylation is 1. The van der Waals surface area contributed by atoms with E-state index < -0.39 is 0 Å². The number of nitrogens with one attached hydrogen (secondary N) is 1. The molecule has 0 saturated carbocycles. The molecular formula is C15H11FN2OS. The standard InChI is InChI=1S/C15H11FN2OS/c1-9-3-2-4-12-13(9)17-15(20)18(14(12)19)11-7-5-10(16)6-8-11/h2-8H,1H3,(H,17,20). The number of nitrogens with zero attached hydrogens (tertiary/aromatic N) is 1. The number of rotatable bonds is 1. The Morgan fingerprint density at radius 3 is 2.55 bits per heavy atom. The highest BCUT2D eigenvalue weighted by molar-refractivity contribution is 7.71. The average molecular weight is 286 g/mol. The molecular weight excluding hydrogens is 275 g/mol. The second kappa shape index (κ2) is 4.68. The van der Waals surface area contributed by atoms with Gasteiger partial charge in [0.25, 0.3) is 5.56 Å². The second-order valence-electron chi connectivity index (χ2n) is 4.54. The molecule has 0 fully saturated rings. The number of fused-ring (bicyclic) bond motifs is 1. The van der Waals surface area contributed by atoms with Gasteiger partial charge >= 0.3 is 0 Å². The number of hydrogen-bond donors (Lipinski definition) is 1. The molecule has 1 N–H and O–H groups in total. The van der Waals surface area contributed by atoms with Gasteiger partial charge in [-0.15, -0.1) is 0 Å². The van der Waals surface area contributed by atoms with Crippen LogP contribution in [0.5, 0.6) is 0 Å². The molecule has 3 aromatic rings. The van der Waals surface area contributed by atoms with E-state index in [1.165, 1.54) is 28.8 Å². The lowest BCUT2D eigenvalue weighted by Crippen LogP contribution is -2.20. The Kier molecular flexibility index (Phi) is 2.99. The molecule has 20 heavy (non-hydrogen) atoms. The normalized spacial score (nSPS) is 10.9. The van der Waals surface area contributed by atoms with Gasteiger partial charge < -0.3 is 4.98 Å². The smallest absolute Gasteiger partial charge is 0.266 e. The van der Waals surface area contributed by atoms with E-state index in [4.69, 9.17) is 12.2 Å². The summed E-state index contributed by atoms with van der Waals surface area (Å²) in [4.78, 5) is 15.6. The minimum absolute atomic E-state index is 0.209. The highest BCUT2D eigenvalue weighted by atomic mass is 32.1. The molecule has 0 bridgehead atoms. The molecule has 0 atom stereocenters. The van der Waals surface area contributed by atoms with Crippen molar-refractivity contribution in [2.24, 2.45) is 0 Å². The average Bonchev–Trinajstić information content (AvgIpc) is 2.42. The van der Waals surface area contributed by atoms with Gasteiger partial charge in [-0.2, -0.15) is 0 Å². The lowest BCUT2D eigenvalue weighted by molar-refractivity contribution is 0.627. The molecule has 0 saturated heterocycles. The van der Waals surface area contributed by atoms with E-state index in [1.807, 2.05) is 19.1 Å². The van der Waals surface area contributed by atoms with E-state index in [0.29, 0.717) is 15.8 Å². The lowest BCUT2D eigenvalue weighted by atomic mass is 10.1. The molecule has 5 heteroatoms. The maximum Gasteiger partial charge on any atom is 0.266 e. The van der Waals surface area contributed by atoms with E-state index >= 15 is 0 Å². The van der Waals surface area contributed by atoms with Crippen molar-refractivity contribution < 1.29 is 4.39 Å². The van der Waals surface area contributed by atoms with Crippen molar-refractivity contribution in [3.63, 3.8) is 0 Å². The third kappa shape index (κ3) is 1.96. The summed E-state index contributed by atoms with van der Waals surface area (Å²) in [5.74, 6) is -0.353. The predicted molar refractivity (Wildman–Crippen MR) is 79.4 cm³/mol. The molecule has 0 spiro atoms. The topological polar surface area (TPSA) is 37.8 Å². The Bertz CT molecular complexity index is 910. The van der Waals surface area contributed by atoms with Gasteiger partial charge in [0, 0.05) is 0 Å². The van der Waals surface area contributed by atoms with Crippen LogP contribution in [-0.2, 0) is 0 Å². The van der Waals surface area contributed by atoms with Crippen molar-refractivity contribution >= 4 is 23.1 Å². The van der Waals surface area contributed by atoms with Crippen LogP contribution in [0.15, 0.2) is 47.3 Å². The van der Waals surface area contributed by atoms with E-state index in [0.717, 1.165) is 11.1 Å². The van der Waals surface area contributed by atoms with Gasteiger partial charge in [-0.25, -0.2) is 4.39 Å². The largest absolute Gasteiger partial charge is 0.331 e. The van der Waals surface area contributed by atoms with Gasteiger partial charge in [-0.3, -0.25) is 9.36 Å². The first-order chi connectivity index (χ1) is 9.58. The molecule has 3 rings (SSSR count). The first-order valence-corrected chi connectivity index (χ1v) is 6.49. The van der Waals surface area contributed by atoms with Gasteiger partial charge in [0.05, 0.1) is 16.6 Å². The number of benzene rings is 2. The van der Waals surface area contributed by atoms with Crippen molar-refractivity contribution in [1.29, 1.82) is 0 Å². The number of halogens is 1. The van der Waals surface area contributed by atoms with Gasteiger partial charge in [-0.1, -0.05) is 12.1 Å². The van der Waals surface area contributed by atoms with E-state index in [-0.39, 0.29) is 11.4 Å². The summed E-state index contributed by atoms with van der Waals surface area (Å²) in [6.45, 7) is 1.91. The fourth-order valence-corrected chi connectivity index (χ4v) is 2.50. The van der Waals surface area contributed by atoms with Crippen LogP contribution < -0.4 is 5.56 Å². The molecule has 1 heterocycles.